The van der Waals surface area contributed by atoms with Gasteiger partial charge in [0.2, 0.25) is 0 Å². The van der Waals surface area contributed by atoms with Gasteiger partial charge in [0.05, 0.1) is 0 Å². The summed E-state index contributed by atoms with van der Waals surface area (Å²) < 4.78 is 5.49. The van der Waals surface area contributed by atoms with Gasteiger partial charge in [-0.3, -0.25) is 9.80 Å². The van der Waals surface area contributed by atoms with Crippen LogP contribution in [0.2, 0.25) is 0 Å². The molecule has 1 aliphatic carbocycles. The molecular weight excluding hydrogens is 340 g/mol. The molecule has 27 heavy (non-hydrogen) atoms. The van der Waals surface area contributed by atoms with E-state index in [0.717, 1.165) is 55.0 Å². The largest absolute Gasteiger partial charge is 0.422 e. The lowest BCUT2D eigenvalue weighted by Gasteiger charge is -2.41. The maximum absolute atomic E-state index is 12.1. The minimum absolute atomic E-state index is 0.232. The molecule has 1 aromatic carbocycles. The fraction of sp³-hybridized carbons (Fsp3) is 0.591. The van der Waals surface area contributed by atoms with E-state index in [-0.39, 0.29) is 12.2 Å². The molecule has 2 fully saturated rings. The quantitative estimate of drug-likeness (QED) is 0.793. The number of aliphatic hydroxyl groups is 1. The van der Waals surface area contributed by atoms with Gasteiger partial charge in [-0.15, -0.1) is 0 Å². The lowest BCUT2D eigenvalue weighted by Crippen LogP contribution is -2.53. The van der Waals surface area contributed by atoms with Crippen molar-refractivity contribution in [2.24, 2.45) is 5.92 Å². The van der Waals surface area contributed by atoms with Crippen molar-refractivity contribution in [2.45, 2.75) is 45.7 Å². The molecule has 5 heteroatoms. The highest BCUT2D eigenvalue weighted by Crippen LogP contribution is 2.31. The second kappa shape index (κ2) is 7.74. The summed E-state index contributed by atoms with van der Waals surface area (Å²) >= 11 is 0. The Kier molecular flexibility index (Phi) is 5.35. The fourth-order valence-corrected chi connectivity index (χ4v) is 4.45. The van der Waals surface area contributed by atoms with E-state index < -0.39 is 0 Å². The highest BCUT2D eigenvalue weighted by atomic mass is 16.4. The first kappa shape index (κ1) is 18.7. The summed E-state index contributed by atoms with van der Waals surface area (Å²) in [6.07, 6.45) is 3.53. The van der Waals surface area contributed by atoms with Crippen molar-refractivity contribution in [2.75, 3.05) is 32.8 Å². The van der Waals surface area contributed by atoms with Crippen molar-refractivity contribution in [1.29, 1.82) is 0 Å². The highest BCUT2D eigenvalue weighted by molar-refractivity contribution is 5.83. The second-order valence-electron chi connectivity index (χ2n) is 8.39. The van der Waals surface area contributed by atoms with Gasteiger partial charge in [-0.25, -0.2) is 4.79 Å². The second-order valence-corrected chi connectivity index (χ2v) is 8.39. The minimum atomic E-state index is -0.274. The van der Waals surface area contributed by atoms with Gasteiger partial charge in [-0.2, -0.15) is 0 Å². The molecule has 4 rings (SSSR count). The number of hydrogen-bond donors (Lipinski definition) is 1. The normalized spacial score (nSPS) is 21.8. The van der Waals surface area contributed by atoms with E-state index in [1.165, 1.54) is 24.9 Å². The van der Waals surface area contributed by atoms with Crippen molar-refractivity contribution in [3.8, 4) is 0 Å². The zero-order valence-electron chi connectivity index (χ0n) is 16.4. The Balaban J connectivity index is 1.56. The van der Waals surface area contributed by atoms with Gasteiger partial charge >= 0.3 is 5.63 Å². The third kappa shape index (κ3) is 4.26. The molecule has 146 valence electrons. The molecule has 0 spiro atoms. The molecule has 1 atom stereocenters. The molecule has 2 aliphatic rings. The van der Waals surface area contributed by atoms with E-state index in [1.54, 1.807) is 6.07 Å². The van der Waals surface area contributed by atoms with Crippen LogP contribution in [0.25, 0.3) is 11.0 Å². The third-order valence-corrected chi connectivity index (χ3v) is 5.99. The highest BCUT2D eigenvalue weighted by Gasteiger charge is 2.32. The van der Waals surface area contributed by atoms with E-state index in [1.807, 2.05) is 6.92 Å². The van der Waals surface area contributed by atoms with E-state index in [0.29, 0.717) is 11.6 Å². The van der Waals surface area contributed by atoms with Gasteiger partial charge < -0.3 is 9.52 Å². The van der Waals surface area contributed by atoms with Gasteiger partial charge in [0, 0.05) is 56.8 Å². The van der Waals surface area contributed by atoms with Crippen LogP contribution >= 0.6 is 0 Å². The maximum Gasteiger partial charge on any atom is 0.336 e. The lowest BCUT2D eigenvalue weighted by molar-refractivity contribution is 0.0523. The average Bonchev–Trinajstić information content (AvgIpc) is 3.42. The van der Waals surface area contributed by atoms with Crippen molar-refractivity contribution in [3.63, 3.8) is 0 Å². The first-order valence-electron chi connectivity index (χ1n) is 10.1. The number of piperazine rings is 1. The molecule has 1 aliphatic heterocycles. The minimum Gasteiger partial charge on any atom is -0.422 e. The molecule has 1 saturated heterocycles. The number of aryl methyl sites for hydroxylation is 2. The number of rotatable bonds is 6. The van der Waals surface area contributed by atoms with Crippen molar-refractivity contribution in [1.82, 2.24) is 9.80 Å². The summed E-state index contributed by atoms with van der Waals surface area (Å²) in [6, 6.07) is 6.23. The van der Waals surface area contributed by atoms with Crippen molar-refractivity contribution >= 4 is 11.0 Å². The van der Waals surface area contributed by atoms with Crippen LogP contribution in [-0.2, 0) is 6.54 Å². The number of aliphatic hydroxyl groups excluding tert-OH is 1. The molecule has 1 N–H and O–H groups in total. The van der Waals surface area contributed by atoms with Gasteiger partial charge in [0.1, 0.15) is 5.58 Å². The molecule has 0 bridgehead atoms. The smallest absolute Gasteiger partial charge is 0.336 e. The molecule has 0 amide bonds. The summed E-state index contributed by atoms with van der Waals surface area (Å²) in [5.41, 5.74) is 3.68. The molecule has 2 aromatic rings. The number of hydrogen-bond acceptors (Lipinski definition) is 5. The topological polar surface area (TPSA) is 56.9 Å². The first-order chi connectivity index (χ1) is 13.0. The number of fused-ring (bicyclic) bond motifs is 1. The summed E-state index contributed by atoms with van der Waals surface area (Å²) in [7, 11) is 0. The Labute approximate surface area is 160 Å². The van der Waals surface area contributed by atoms with Crippen LogP contribution in [0.4, 0.5) is 0 Å². The maximum atomic E-state index is 12.1. The van der Waals surface area contributed by atoms with E-state index in [9.17, 15) is 9.90 Å². The molecule has 1 unspecified atom stereocenters. The van der Waals surface area contributed by atoms with Crippen LogP contribution in [0.5, 0.6) is 0 Å². The van der Waals surface area contributed by atoms with E-state index in [2.05, 4.69) is 28.9 Å². The number of benzene rings is 1. The summed E-state index contributed by atoms with van der Waals surface area (Å²) in [6.45, 7) is 9.22. The van der Waals surface area contributed by atoms with Crippen LogP contribution in [0.1, 0.15) is 36.0 Å². The Morgan fingerprint density at radius 1 is 1.19 bits per heavy atom. The summed E-state index contributed by atoms with van der Waals surface area (Å²) in [5, 5.41) is 10.5. The molecule has 5 nitrogen and oxygen atoms in total. The molecule has 2 heterocycles. The third-order valence-electron chi connectivity index (χ3n) is 5.99. The Morgan fingerprint density at radius 3 is 2.74 bits per heavy atom. The van der Waals surface area contributed by atoms with Gasteiger partial charge in [-0.05, 0) is 61.8 Å². The molecule has 1 saturated carbocycles. The SMILES string of the molecule is Cc1cc(C)c2oc(=O)cc(CN3CCN(CC4CC4)C(CCO)C3)c2c1. The summed E-state index contributed by atoms with van der Waals surface area (Å²) in [5.74, 6) is 0.867. The lowest BCUT2D eigenvalue weighted by atomic mass is 10.0. The first-order valence-corrected chi connectivity index (χ1v) is 10.1. The molecule has 1 aromatic heterocycles. The van der Waals surface area contributed by atoms with Crippen molar-refractivity contribution in [3.05, 3.63) is 45.3 Å². The van der Waals surface area contributed by atoms with Crippen LogP contribution < -0.4 is 5.63 Å². The van der Waals surface area contributed by atoms with Gasteiger partial charge in [-0.1, -0.05) is 6.07 Å². The number of nitrogens with zero attached hydrogens (tertiary/aromatic N) is 2. The van der Waals surface area contributed by atoms with Crippen molar-refractivity contribution < 1.29 is 9.52 Å². The van der Waals surface area contributed by atoms with Crippen LogP contribution in [-0.4, -0.2) is 53.7 Å². The van der Waals surface area contributed by atoms with Gasteiger partial charge in [0.15, 0.2) is 0 Å². The standard InChI is InChI=1S/C22H30N2O3/c1-15-9-16(2)22-20(10-15)18(11-21(26)27-22)13-23-6-7-24(12-17-3-4-17)19(14-23)5-8-25/h9-11,17,19,25H,3-8,12-14H2,1-2H3. The Bertz CT molecular complexity index is 872. The zero-order chi connectivity index (χ0) is 19.0. The Hall–Kier alpha value is -1.69. The summed E-state index contributed by atoms with van der Waals surface area (Å²) in [4.78, 5) is 17.1. The predicted octanol–water partition coefficient (Wildman–Crippen LogP) is 2.69. The van der Waals surface area contributed by atoms with Crippen LogP contribution in [0.15, 0.2) is 27.4 Å². The average molecular weight is 370 g/mol. The fourth-order valence-electron chi connectivity index (χ4n) is 4.45. The van der Waals surface area contributed by atoms with E-state index >= 15 is 0 Å². The van der Waals surface area contributed by atoms with Crippen LogP contribution in [0, 0.1) is 19.8 Å². The van der Waals surface area contributed by atoms with Crippen LogP contribution in [0.3, 0.4) is 0 Å². The molecular formula is C22H30N2O3. The van der Waals surface area contributed by atoms with Gasteiger partial charge in [0.25, 0.3) is 0 Å². The zero-order valence-corrected chi connectivity index (χ0v) is 16.4. The molecule has 0 radical (unpaired) electrons. The predicted molar refractivity (Wildman–Crippen MR) is 107 cm³/mol. The monoisotopic (exact) mass is 370 g/mol. The Morgan fingerprint density at radius 2 is 2.00 bits per heavy atom. The van der Waals surface area contributed by atoms with E-state index in [4.69, 9.17) is 4.42 Å².